The topological polar surface area (TPSA) is 71.1 Å². The summed E-state index contributed by atoms with van der Waals surface area (Å²) < 4.78 is 39.3. The van der Waals surface area contributed by atoms with E-state index in [9.17, 15) is 22.8 Å². The highest BCUT2D eigenvalue weighted by atomic mass is 32.1. The van der Waals surface area contributed by atoms with Crippen molar-refractivity contribution in [2.45, 2.75) is 6.42 Å². The molecule has 5 nitrogen and oxygen atoms in total. The molecule has 138 valence electrons. The standard InChI is InChI=1S/C18H12F3N3O2S/c19-11-3-1-10(2-4-11)18-22-13(9-27-18)8-16(25)23-24-17(26)14-6-5-12(20)7-15(14)21/h1-7,9H,8H2,(H,23,25)(H,24,26). The molecular formula is C18H12F3N3O2S. The lowest BCUT2D eigenvalue weighted by atomic mass is 10.2. The Labute approximate surface area is 155 Å². The summed E-state index contributed by atoms with van der Waals surface area (Å²) in [5.41, 5.74) is 4.98. The van der Waals surface area contributed by atoms with Crippen molar-refractivity contribution in [3.63, 3.8) is 0 Å². The number of amides is 2. The molecule has 27 heavy (non-hydrogen) atoms. The number of rotatable bonds is 4. The summed E-state index contributed by atoms with van der Waals surface area (Å²) in [4.78, 5) is 28.0. The molecule has 0 aliphatic carbocycles. The van der Waals surface area contributed by atoms with E-state index in [1.807, 2.05) is 0 Å². The van der Waals surface area contributed by atoms with Crippen LogP contribution in [-0.4, -0.2) is 16.8 Å². The number of hydrogen-bond donors (Lipinski definition) is 2. The Morgan fingerprint density at radius 3 is 2.37 bits per heavy atom. The van der Waals surface area contributed by atoms with Gasteiger partial charge in [-0.15, -0.1) is 11.3 Å². The maximum atomic E-state index is 13.5. The van der Waals surface area contributed by atoms with Crippen LogP contribution in [0.5, 0.6) is 0 Å². The fourth-order valence-corrected chi connectivity index (χ4v) is 3.02. The van der Waals surface area contributed by atoms with Crippen molar-refractivity contribution >= 4 is 23.2 Å². The first-order valence-electron chi connectivity index (χ1n) is 7.67. The Kier molecular flexibility index (Phi) is 5.51. The predicted molar refractivity (Wildman–Crippen MR) is 93.2 cm³/mol. The van der Waals surface area contributed by atoms with Crippen LogP contribution in [0.25, 0.3) is 10.6 Å². The van der Waals surface area contributed by atoms with E-state index in [0.29, 0.717) is 22.3 Å². The molecule has 0 aliphatic rings. The van der Waals surface area contributed by atoms with Crippen molar-refractivity contribution in [3.8, 4) is 10.6 Å². The van der Waals surface area contributed by atoms with E-state index in [1.165, 1.54) is 23.5 Å². The van der Waals surface area contributed by atoms with Gasteiger partial charge < -0.3 is 0 Å². The molecular weight excluding hydrogens is 379 g/mol. The number of benzene rings is 2. The molecule has 1 aromatic heterocycles. The molecule has 1 heterocycles. The van der Waals surface area contributed by atoms with Crippen LogP contribution >= 0.6 is 11.3 Å². The lowest BCUT2D eigenvalue weighted by molar-refractivity contribution is -0.121. The highest BCUT2D eigenvalue weighted by Crippen LogP contribution is 2.24. The minimum Gasteiger partial charge on any atom is -0.273 e. The molecule has 2 amide bonds. The molecule has 0 unspecified atom stereocenters. The number of carbonyl (C=O) groups is 2. The first kappa shape index (κ1) is 18.6. The molecule has 9 heteroatoms. The third-order valence-corrected chi connectivity index (χ3v) is 4.42. The van der Waals surface area contributed by atoms with Gasteiger partial charge in [-0.2, -0.15) is 0 Å². The monoisotopic (exact) mass is 391 g/mol. The van der Waals surface area contributed by atoms with E-state index in [1.54, 1.807) is 17.5 Å². The van der Waals surface area contributed by atoms with Gasteiger partial charge in [0.2, 0.25) is 5.91 Å². The molecule has 0 saturated heterocycles. The Morgan fingerprint density at radius 2 is 1.67 bits per heavy atom. The lowest BCUT2D eigenvalue weighted by Crippen LogP contribution is -2.42. The van der Waals surface area contributed by atoms with Crippen molar-refractivity contribution < 1.29 is 22.8 Å². The Balaban J connectivity index is 1.56. The number of nitrogens with one attached hydrogen (secondary N) is 2. The molecule has 0 aliphatic heterocycles. The summed E-state index contributed by atoms with van der Waals surface area (Å²) in [6.07, 6.45) is -0.121. The summed E-state index contributed by atoms with van der Waals surface area (Å²) in [6.45, 7) is 0. The van der Waals surface area contributed by atoms with Gasteiger partial charge in [-0.1, -0.05) is 0 Å². The largest absolute Gasteiger partial charge is 0.273 e. The van der Waals surface area contributed by atoms with Crippen LogP contribution < -0.4 is 10.9 Å². The number of carbonyl (C=O) groups excluding carboxylic acids is 2. The van der Waals surface area contributed by atoms with Crippen molar-refractivity contribution in [3.05, 3.63) is 76.6 Å². The van der Waals surface area contributed by atoms with Gasteiger partial charge >= 0.3 is 0 Å². The molecule has 3 aromatic rings. The van der Waals surface area contributed by atoms with Crippen molar-refractivity contribution in [1.29, 1.82) is 0 Å². The fraction of sp³-hybridized carbons (Fsp3) is 0.0556. The number of thiazole rings is 1. The van der Waals surface area contributed by atoms with Crippen LogP contribution in [0, 0.1) is 17.5 Å². The number of nitrogens with zero attached hydrogens (tertiary/aromatic N) is 1. The maximum Gasteiger partial charge on any atom is 0.272 e. The number of aromatic nitrogens is 1. The minimum absolute atomic E-state index is 0.121. The second-order valence-electron chi connectivity index (χ2n) is 5.45. The smallest absolute Gasteiger partial charge is 0.272 e. The Hall–Kier alpha value is -3.20. The molecule has 0 spiro atoms. The highest BCUT2D eigenvalue weighted by Gasteiger charge is 2.14. The molecule has 2 N–H and O–H groups in total. The second-order valence-corrected chi connectivity index (χ2v) is 6.31. The van der Waals surface area contributed by atoms with Gasteiger partial charge in [0.05, 0.1) is 17.7 Å². The highest BCUT2D eigenvalue weighted by molar-refractivity contribution is 7.13. The Bertz CT molecular complexity index is 990. The van der Waals surface area contributed by atoms with Gasteiger partial charge in [0.1, 0.15) is 22.5 Å². The molecule has 0 radical (unpaired) electrons. The van der Waals surface area contributed by atoms with Crippen molar-refractivity contribution in [1.82, 2.24) is 15.8 Å². The normalized spacial score (nSPS) is 10.5. The quantitative estimate of drug-likeness (QED) is 0.671. The molecule has 0 bridgehead atoms. The molecule has 0 atom stereocenters. The first-order valence-corrected chi connectivity index (χ1v) is 8.55. The van der Waals surface area contributed by atoms with Gasteiger partial charge in [0.15, 0.2) is 0 Å². The van der Waals surface area contributed by atoms with Crippen LogP contribution in [0.15, 0.2) is 47.8 Å². The van der Waals surface area contributed by atoms with Crippen LogP contribution in [0.2, 0.25) is 0 Å². The van der Waals surface area contributed by atoms with Gasteiger partial charge in [-0.05, 0) is 36.4 Å². The van der Waals surface area contributed by atoms with Crippen LogP contribution in [0.3, 0.4) is 0 Å². The average Bonchev–Trinajstić information content (AvgIpc) is 3.08. The zero-order chi connectivity index (χ0) is 19.4. The summed E-state index contributed by atoms with van der Waals surface area (Å²) in [7, 11) is 0. The molecule has 2 aromatic carbocycles. The second kappa shape index (κ2) is 8.00. The van der Waals surface area contributed by atoms with E-state index >= 15 is 0 Å². The van der Waals surface area contributed by atoms with Gasteiger partial charge in [-0.25, -0.2) is 18.2 Å². The van der Waals surface area contributed by atoms with E-state index in [-0.39, 0.29) is 12.2 Å². The SMILES string of the molecule is O=C(Cc1csc(-c2ccc(F)cc2)n1)NNC(=O)c1ccc(F)cc1F. The van der Waals surface area contributed by atoms with Crippen molar-refractivity contribution in [2.75, 3.05) is 0 Å². The van der Waals surface area contributed by atoms with Gasteiger partial charge in [0.25, 0.3) is 5.91 Å². The van der Waals surface area contributed by atoms with Gasteiger partial charge in [-0.3, -0.25) is 20.4 Å². The average molecular weight is 391 g/mol. The number of hydrazine groups is 1. The summed E-state index contributed by atoms with van der Waals surface area (Å²) in [5.74, 6) is -3.69. The summed E-state index contributed by atoms with van der Waals surface area (Å²) in [5, 5.41) is 2.29. The van der Waals surface area contributed by atoms with E-state index in [2.05, 4.69) is 15.8 Å². The van der Waals surface area contributed by atoms with E-state index in [4.69, 9.17) is 0 Å². The lowest BCUT2D eigenvalue weighted by Gasteiger charge is -2.07. The third kappa shape index (κ3) is 4.70. The van der Waals surface area contributed by atoms with Crippen LogP contribution in [0.4, 0.5) is 13.2 Å². The zero-order valence-electron chi connectivity index (χ0n) is 13.6. The van der Waals surface area contributed by atoms with Crippen LogP contribution in [0.1, 0.15) is 16.1 Å². The number of halogens is 3. The molecule has 3 rings (SSSR count). The van der Waals surface area contributed by atoms with Gasteiger partial charge in [0, 0.05) is 17.0 Å². The van der Waals surface area contributed by atoms with Crippen molar-refractivity contribution in [2.24, 2.45) is 0 Å². The van der Waals surface area contributed by atoms with E-state index < -0.39 is 29.0 Å². The van der Waals surface area contributed by atoms with E-state index in [0.717, 1.165) is 12.1 Å². The Morgan fingerprint density at radius 1 is 0.963 bits per heavy atom. The molecule has 0 fully saturated rings. The molecule has 0 saturated carbocycles. The van der Waals surface area contributed by atoms with Crippen LogP contribution in [-0.2, 0) is 11.2 Å². The summed E-state index contributed by atoms with van der Waals surface area (Å²) >= 11 is 1.29. The third-order valence-electron chi connectivity index (χ3n) is 3.48. The fourth-order valence-electron chi connectivity index (χ4n) is 2.19. The number of hydrogen-bond acceptors (Lipinski definition) is 4. The summed E-state index contributed by atoms with van der Waals surface area (Å²) in [6, 6.07) is 8.27. The minimum atomic E-state index is -1.04. The first-order chi connectivity index (χ1) is 12.9. The maximum absolute atomic E-state index is 13.5. The zero-order valence-corrected chi connectivity index (χ0v) is 14.4. The predicted octanol–water partition coefficient (Wildman–Crippen LogP) is 3.23.